The Morgan fingerprint density at radius 3 is 1.94 bits per heavy atom. The molecule has 0 bridgehead atoms. The third-order valence-corrected chi connectivity index (χ3v) is 4.72. The number of halogens is 3. The minimum Gasteiger partial charge on any atom is -0.434 e. The number of amides is 2. The molecule has 0 unspecified atom stereocenters. The van der Waals surface area contributed by atoms with E-state index in [0.717, 1.165) is 29.8 Å². The number of nitrogens with one attached hydrogen (secondary N) is 2. The van der Waals surface area contributed by atoms with Gasteiger partial charge in [-0.15, -0.1) is 0 Å². The Labute approximate surface area is 198 Å². The van der Waals surface area contributed by atoms with Gasteiger partial charge in [0, 0.05) is 23.4 Å². The number of anilines is 1. The van der Waals surface area contributed by atoms with Crippen molar-refractivity contribution in [2.24, 2.45) is 0 Å². The summed E-state index contributed by atoms with van der Waals surface area (Å²) < 4.78 is 47.6. The lowest BCUT2D eigenvalue weighted by molar-refractivity contribution is -0.137. The van der Waals surface area contributed by atoms with E-state index in [-0.39, 0.29) is 30.4 Å². The van der Waals surface area contributed by atoms with Crippen LogP contribution in [0.3, 0.4) is 0 Å². The lowest BCUT2D eigenvalue weighted by Crippen LogP contribution is -2.22. The molecule has 0 atom stereocenters. The highest BCUT2D eigenvalue weighted by atomic mass is 19.4. The summed E-state index contributed by atoms with van der Waals surface area (Å²) in [6, 6.07) is 16.5. The van der Waals surface area contributed by atoms with E-state index < -0.39 is 23.8 Å². The van der Waals surface area contributed by atoms with Crippen LogP contribution < -0.4 is 15.4 Å². The summed E-state index contributed by atoms with van der Waals surface area (Å²) in [6.45, 7) is 2.06. The standard InChI is InChI=1S/C25H21F3N2O5/c1-2-34-24(33)35-21-13-7-17(8-14-21)22(31)29-15-16-3-11-20(12-4-16)30-23(32)18-5-9-19(10-6-18)25(26,27)28/h3-14H,2,15H2,1H3,(H,29,31)(H,30,32). The van der Waals surface area contributed by atoms with Crippen molar-refractivity contribution in [2.75, 3.05) is 11.9 Å². The highest BCUT2D eigenvalue weighted by Crippen LogP contribution is 2.29. The van der Waals surface area contributed by atoms with Crippen LogP contribution in [-0.4, -0.2) is 24.6 Å². The van der Waals surface area contributed by atoms with Gasteiger partial charge in [-0.2, -0.15) is 13.2 Å². The first-order valence-corrected chi connectivity index (χ1v) is 10.5. The molecule has 0 saturated carbocycles. The maximum Gasteiger partial charge on any atom is 0.513 e. The van der Waals surface area contributed by atoms with E-state index in [9.17, 15) is 27.6 Å². The van der Waals surface area contributed by atoms with Crippen molar-refractivity contribution in [3.63, 3.8) is 0 Å². The van der Waals surface area contributed by atoms with Gasteiger partial charge in [-0.25, -0.2) is 4.79 Å². The number of hydrogen-bond acceptors (Lipinski definition) is 5. The summed E-state index contributed by atoms with van der Waals surface area (Å²) in [5.74, 6) is -0.642. The number of rotatable bonds is 7. The van der Waals surface area contributed by atoms with Gasteiger partial charge in [0.1, 0.15) is 5.75 Å². The molecule has 0 fully saturated rings. The number of hydrogen-bond donors (Lipinski definition) is 2. The van der Waals surface area contributed by atoms with Crippen molar-refractivity contribution < 1.29 is 37.0 Å². The molecule has 0 aromatic heterocycles. The Bertz CT molecular complexity index is 1180. The fourth-order valence-corrected chi connectivity index (χ4v) is 2.92. The highest BCUT2D eigenvalue weighted by molar-refractivity contribution is 6.04. The fourth-order valence-electron chi connectivity index (χ4n) is 2.92. The molecule has 0 aliphatic carbocycles. The molecule has 0 radical (unpaired) electrons. The predicted molar refractivity (Wildman–Crippen MR) is 121 cm³/mol. The molecule has 35 heavy (non-hydrogen) atoms. The molecule has 182 valence electrons. The predicted octanol–water partition coefficient (Wildman–Crippen LogP) is 5.42. The molecule has 0 saturated heterocycles. The maximum atomic E-state index is 12.6. The van der Waals surface area contributed by atoms with Crippen LogP contribution in [0.25, 0.3) is 0 Å². The van der Waals surface area contributed by atoms with E-state index in [2.05, 4.69) is 15.4 Å². The SMILES string of the molecule is CCOC(=O)Oc1ccc(C(=O)NCc2ccc(NC(=O)c3ccc(C(F)(F)F)cc3)cc2)cc1. The van der Waals surface area contributed by atoms with Crippen LogP contribution in [0.1, 0.15) is 38.8 Å². The van der Waals surface area contributed by atoms with Crippen LogP contribution in [0.5, 0.6) is 5.75 Å². The number of carbonyl (C=O) groups excluding carboxylic acids is 3. The van der Waals surface area contributed by atoms with Crippen LogP contribution in [0, 0.1) is 0 Å². The van der Waals surface area contributed by atoms with E-state index in [4.69, 9.17) is 4.74 Å². The molecule has 0 spiro atoms. The van der Waals surface area contributed by atoms with Gasteiger partial charge in [0.15, 0.2) is 0 Å². The molecule has 3 aromatic carbocycles. The first-order chi connectivity index (χ1) is 16.7. The molecule has 0 aliphatic rings. The lowest BCUT2D eigenvalue weighted by Gasteiger charge is -2.10. The quantitative estimate of drug-likeness (QED) is 0.344. The second-order valence-corrected chi connectivity index (χ2v) is 7.22. The van der Waals surface area contributed by atoms with Gasteiger partial charge >= 0.3 is 12.3 Å². The van der Waals surface area contributed by atoms with Crippen molar-refractivity contribution >= 4 is 23.7 Å². The summed E-state index contributed by atoms with van der Waals surface area (Å²) in [5.41, 5.74) is 0.825. The largest absolute Gasteiger partial charge is 0.513 e. The third kappa shape index (κ3) is 7.32. The molecular formula is C25H21F3N2O5. The average molecular weight is 486 g/mol. The van der Waals surface area contributed by atoms with Gasteiger partial charge in [-0.1, -0.05) is 12.1 Å². The van der Waals surface area contributed by atoms with Crippen LogP contribution in [0.4, 0.5) is 23.7 Å². The van der Waals surface area contributed by atoms with Gasteiger partial charge < -0.3 is 20.1 Å². The topological polar surface area (TPSA) is 93.7 Å². The maximum absolute atomic E-state index is 12.6. The van der Waals surface area contributed by atoms with E-state index >= 15 is 0 Å². The molecule has 10 heteroatoms. The van der Waals surface area contributed by atoms with Crippen molar-refractivity contribution in [3.05, 3.63) is 95.1 Å². The van der Waals surface area contributed by atoms with Crippen molar-refractivity contribution in [2.45, 2.75) is 19.6 Å². The fraction of sp³-hybridized carbons (Fsp3) is 0.160. The summed E-state index contributed by atoms with van der Waals surface area (Å²) in [7, 11) is 0. The van der Waals surface area contributed by atoms with Gasteiger partial charge in [0.25, 0.3) is 11.8 Å². The highest BCUT2D eigenvalue weighted by Gasteiger charge is 2.30. The summed E-state index contributed by atoms with van der Waals surface area (Å²) in [4.78, 5) is 35.9. The molecular weight excluding hydrogens is 465 g/mol. The third-order valence-electron chi connectivity index (χ3n) is 4.72. The van der Waals surface area contributed by atoms with Crippen molar-refractivity contribution in [1.82, 2.24) is 5.32 Å². The molecule has 3 aromatic rings. The zero-order chi connectivity index (χ0) is 25.4. The normalized spacial score (nSPS) is 10.9. The lowest BCUT2D eigenvalue weighted by atomic mass is 10.1. The molecule has 2 N–H and O–H groups in total. The second-order valence-electron chi connectivity index (χ2n) is 7.22. The Hall–Kier alpha value is -4.34. The first-order valence-electron chi connectivity index (χ1n) is 10.5. The van der Waals surface area contributed by atoms with Gasteiger partial charge in [0.2, 0.25) is 0 Å². The zero-order valence-corrected chi connectivity index (χ0v) is 18.5. The van der Waals surface area contributed by atoms with Gasteiger partial charge in [0.05, 0.1) is 12.2 Å². The van der Waals surface area contributed by atoms with Crippen molar-refractivity contribution in [1.29, 1.82) is 0 Å². The van der Waals surface area contributed by atoms with E-state index in [0.29, 0.717) is 11.3 Å². The minimum absolute atomic E-state index is 0.0908. The summed E-state index contributed by atoms with van der Waals surface area (Å²) in [6.07, 6.45) is -5.30. The van der Waals surface area contributed by atoms with E-state index in [1.165, 1.54) is 24.3 Å². The van der Waals surface area contributed by atoms with Crippen LogP contribution in [0.2, 0.25) is 0 Å². The minimum atomic E-state index is -4.47. The second kappa shape index (κ2) is 11.2. The van der Waals surface area contributed by atoms with Crippen LogP contribution in [-0.2, 0) is 17.5 Å². The Morgan fingerprint density at radius 2 is 1.37 bits per heavy atom. The smallest absolute Gasteiger partial charge is 0.434 e. The van der Waals surface area contributed by atoms with Gasteiger partial charge in [-0.3, -0.25) is 9.59 Å². The summed E-state index contributed by atoms with van der Waals surface area (Å²) in [5, 5.41) is 5.36. The van der Waals surface area contributed by atoms with Crippen LogP contribution in [0.15, 0.2) is 72.8 Å². The molecule has 0 heterocycles. The number of benzene rings is 3. The van der Waals surface area contributed by atoms with E-state index in [1.54, 1.807) is 31.2 Å². The summed E-state index contributed by atoms with van der Waals surface area (Å²) >= 11 is 0. The van der Waals surface area contributed by atoms with E-state index in [1.807, 2.05) is 0 Å². The number of ether oxygens (including phenoxy) is 2. The molecule has 0 aliphatic heterocycles. The van der Waals surface area contributed by atoms with Crippen LogP contribution >= 0.6 is 0 Å². The Kier molecular flexibility index (Phi) is 8.08. The Balaban J connectivity index is 1.50. The van der Waals surface area contributed by atoms with Crippen molar-refractivity contribution in [3.8, 4) is 5.75 Å². The number of carbonyl (C=O) groups is 3. The molecule has 7 nitrogen and oxygen atoms in total. The Morgan fingerprint density at radius 1 is 0.800 bits per heavy atom. The first kappa shape index (κ1) is 25.3. The monoisotopic (exact) mass is 486 g/mol. The molecule has 2 amide bonds. The number of alkyl halides is 3. The zero-order valence-electron chi connectivity index (χ0n) is 18.5. The molecule has 3 rings (SSSR count). The van der Waals surface area contributed by atoms with Gasteiger partial charge in [-0.05, 0) is 73.2 Å². The average Bonchev–Trinajstić information content (AvgIpc) is 2.83.